The minimum absolute atomic E-state index is 0.155. The number of nitrogens with zero attached hydrogens (tertiary/aromatic N) is 1. The minimum Gasteiger partial charge on any atom is -0.350 e. The summed E-state index contributed by atoms with van der Waals surface area (Å²) in [5.41, 5.74) is 1.50. The molecule has 0 atom stereocenters. The molecule has 2 aromatic carbocycles. The summed E-state index contributed by atoms with van der Waals surface area (Å²) in [4.78, 5) is 12.2. The van der Waals surface area contributed by atoms with Gasteiger partial charge >= 0.3 is 6.18 Å². The van der Waals surface area contributed by atoms with Gasteiger partial charge in [-0.15, -0.1) is 0 Å². The van der Waals surface area contributed by atoms with Gasteiger partial charge < -0.3 is 9.88 Å². The summed E-state index contributed by atoms with van der Waals surface area (Å²) < 4.78 is 39.5. The summed E-state index contributed by atoms with van der Waals surface area (Å²) in [5.74, 6) is -0.272. The molecule has 1 N–H and O–H groups in total. The fourth-order valence-electron chi connectivity index (χ4n) is 2.69. The molecule has 3 rings (SSSR count). The number of anilines is 1. The van der Waals surface area contributed by atoms with E-state index in [4.69, 9.17) is 0 Å². The van der Waals surface area contributed by atoms with Crippen molar-refractivity contribution in [2.24, 2.45) is 7.05 Å². The Hall–Kier alpha value is -2.76. The van der Waals surface area contributed by atoms with Crippen LogP contribution >= 0.6 is 0 Å². The number of halogens is 3. The van der Waals surface area contributed by atoms with E-state index in [-0.39, 0.29) is 12.3 Å². The van der Waals surface area contributed by atoms with Crippen LogP contribution in [0.25, 0.3) is 10.9 Å². The molecule has 0 aliphatic heterocycles. The molecule has 0 radical (unpaired) electrons. The second-order valence-corrected chi connectivity index (χ2v) is 5.58. The van der Waals surface area contributed by atoms with Gasteiger partial charge in [0.05, 0.1) is 12.0 Å². The van der Waals surface area contributed by atoms with Crippen LogP contribution in [0.15, 0.2) is 54.7 Å². The Balaban J connectivity index is 1.73. The molecular formula is C18H15F3N2O. The number of aryl methyl sites for hydroxylation is 1. The fourth-order valence-corrected chi connectivity index (χ4v) is 2.69. The molecule has 0 aliphatic carbocycles. The number of nitrogens with one attached hydrogen (secondary N) is 1. The number of hydrogen-bond donors (Lipinski definition) is 1. The van der Waals surface area contributed by atoms with Crippen LogP contribution in [-0.4, -0.2) is 10.5 Å². The highest BCUT2D eigenvalue weighted by atomic mass is 19.4. The summed E-state index contributed by atoms with van der Waals surface area (Å²) >= 11 is 0. The first-order valence-electron chi connectivity index (χ1n) is 7.34. The van der Waals surface area contributed by atoms with Crippen LogP contribution in [0.3, 0.4) is 0 Å². The lowest BCUT2D eigenvalue weighted by atomic mass is 10.1. The van der Waals surface area contributed by atoms with Crippen molar-refractivity contribution in [3.8, 4) is 0 Å². The minimum atomic E-state index is -4.38. The van der Waals surface area contributed by atoms with Crippen molar-refractivity contribution in [3.05, 3.63) is 65.9 Å². The van der Waals surface area contributed by atoms with Crippen LogP contribution in [-0.2, 0) is 24.4 Å². The average molecular weight is 332 g/mol. The Morgan fingerprint density at radius 1 is 1.08 bits per heavy atom. The molecule has 0 spiro atoms. The number of carbonyl (C=O) groups is 1. The maximum atomic E-state index is 12.5. The molecule has 1 amide bonds. The number of carbonyl (C=O) groups excluding carboxylic acids is 1. The number of alkyl halides is 3. The summed E-state index contributed by atoms with van der Waals surface area (Å²) in [5, 5.41) is 3.62. The highest BCUT2D eigenvalue weighted by Crippen LogP contribution is 2.30. The number of amides is 1. The fraction of sp³-hybridized carbons (Fsp3) is 0.167. The topological polar surface area (TPSA) is 34.0 Å². The van der Waals surface area contributed by atoms with Crippen molar-refractivity contribution in [3.63, 3.8) is 0 Å². The normalized spacial score (nSPS) is 11.7. The largest absolute Gasteiger partial charge is 0.416 e. The van der Waals surface area contributed by atoms with Crippen molar-refractivity contribution >= 4 is 22.5 Å². The zero-order valence-electron chi connectivity index (χ0n) is 12.9. The predicted octanol–water partition coefficient (Wildman–Crippen LogP) is 4.38. The van der Waals surface area contributed by atoms with Crippen molar-refractivity contribution in [2.45, 2.75) is 12.6 Å². The van der Waals surface area contributed by atoms with Crippen LogP contribution in [0.2, 0.25) is 0 Å². The third-order valence-corrected chi connectivity index (χ3v) is 3.83. The monoisotopic (exact) mass is 332 g/mol. The van der Waals surface area contributed by atoms with Crippen LogP contribution in [0.1, 0.15) is 11.1 Å². The SMILES string of the molecule is Cn1cc(CC(=O)Nc2ccc(C(F)(F)F)cc2)c2ccccc21. The van der Waals surface area contributed by atoms with Gasteiger partial charge in [-0.25, -0.2) is 0 Å². The number of benzene rings is 2. The van der Waals surface area contributed by atoms with Crippen LogP contribution in [0.5, 0.6) is 0 Å². The van der Waals surface area contributed by atoms with Gasteiger partial charge in [-0.2, -0.15) is 13.2 Å². The molecule has 0 fully saturated rings. The van der Waals surface area contributed by atoms with E-state index in [0.29, 0.717) is 5.69 Å². The molecule has 0 unspecified atom stereocenters. The zero-order chi connectivity index (χ0) is 17.3. The Morgan fingerprint density at radius 2 is 1.75 bits per heavy atom. The van der Waals surface area contributed by atoms with E-state index in [1.165, 1.54) is 12.1 Å². The molecule has 1 aromatic heterocycles. The second-order valence-electron chi connectivity index (χ2n) is 5.58. The van der Waals surface area contributed by atoms with Crippen LogP contribution in [0.4, 0.5) is 18.9 Å². The molecule has 0 bridgehead atoms. The second kappa shape index (κ2) is 6.03. The Morgan fingerprint density at radius 3 is 2.42 bits per heavy atom. The molecule has 0 saturated carbocycles. The van der Waals surface area contributed by atoms with E-state index in [9.17, 15) is 18.0 Å². The van der Waals surface area contributed by atoms with E-state index in [2.05, 4.69) is 5.32 Å². The summed E-state index contributed by atoms with van der Waals surface area (Å²) in [6, 6.07) is 12.1. The maximum absolute atomic E-state index is 12.5. The highest BCUT2D eigenvalue weighted by Gasteiger charge is 2.29. The molecule has 6 heteroatoms. The van der Waals surface area contributed by atoms with Gasteiger partial charge in [0.2, 0.25) is 5.91 Å². The molecule has 1 heterocycles. The molecule has 0 aliphatic rings. The molecule has 3 aromatic rings. The lowest BCUT2D eigenvalue weighted by Gasteiger charge is -2.08. The molecular weight excluding hydrogens is 317 g/mol. The van der Waals surface area contributed by atoms with Crippen molar-refractivity contribution in [2.75, 3.05) is 5.32 Å². The third kappa shape index (κ3) is 3.27. The maximum Gasteiger partial charge on any atom is 0.416 e. The zero-order valence-corrected chi connectivity index (χ0v) is 12.9. The summed E-state index contributed by atoms with van der Waals surface area (Å²) in [6.45, 7) is 0. The van der Waals surface area contributed by atoms with Gasteiger partial charge in [-0.05, 0) is 35.9 Å². The average Bonchev–Trinajstić information content (AvgIpc) is 2.83. The van der Waals surface area contributed by atoms with Gasteiger partial charge in [0.25, 0.3) is 0 Å². The van der Waals surface area contributed by atoms with E-state index in [1.54, 1.807) is 0 Å². The summed E-state index contributed by atoms with van der Waals surface area (Å²) in [7, 11) is 1.90. The quantitative estimate of drug-likeness (QED) is 0.759. The lowest BCUT2D eigenvalue weighted by molar-refractivity contribution is -0.137. The molecule has 124 valence electrons. The number of rotatable bonds is 3. The van der Waals surface area contributed by atoms with E-state index < -0.39 is 11.7 Å². The van der Waals surface area contributed by atoms with Gasteiger partial charge in [-0.1, -0.05) is 18.2 Å². The van der Waals surface area contributed by atoms with Gasteiger partial charge in [0.15, 0.2) is 0 Å². The van der Waals surface area contributed by atoms with Gasteiger partial charge in [-0.3, -0.25) is 4.79 Å². The highest BCUT2D eigenvalue weighted by molar-refractivity contribution is 5.95. The van der Waals surface area contributed by atoms with E-state index in [1.807, 2.05) is 42.1 Å². The molecule has 3 nitrogen and oxygen atoms in total. The Kier molecular flexibility index (Phi) is 4.05. The summed E-state index contributed by atoms with van der Waals surface area (Å²) in [6.07, 6.45) is -2.34. The number of aromatic nitrogens is 1. The number of hydrogen-bond acceptors (Lipinski definition) is 1. The van der Waals surface area contributed by atoms with Crippen LogP contribution < -0.4 is 5.32 Å². The Bertz CT molecular complexity index is 879. The number of fused-ring (bicyclic) bond motifs is 1. The van der Waals surface area contributed by atoms with Crippen molar-refractivity contribution < 1.29 is 18.0 Å². The predicted molar refractivity (Wildman–Crippen MR) is 86.7 cm³/mol. The van der Waals surface area contributed by atoms with Crippen molar-refractivity contribution in [1.82, 2.24) is 4.57 Å². The molecule has 24 heavy (non-hydrogen) atoms. The van der Waals surface area contributed by atoms with Gasteiger partial charge in [0, 0.05) is 29.8 Å². The van der Waals surface area contributed by atoms with E-state index >= 15 is 0 Å². The van der Waals surface area contributed by atoms with E-state index in [0.717, 1.165) is 28.6 Å². The third-order valence-electron chi connectivity index (χ3n) is 3.83. The smallest absolute Gasteiger partial charge is 0.350 e. The lowest BCUT2D eigenvalue weighted by Crippen LogP contribution is -2.14. The Labute approximate surface area is 136 Å². The standard InChI is InChI=1S/C18H15F3N2O/c1-23-11-12(15-4-2-3-5-16(15)23)10-17(24)22-14-8-6-13(7-9-14)18(19,20)21/h2-9,11H,10H2,1H3,(H,22,24). The first-order valence-corrected chi connectivity index (χ1v) is 7.34. The first kappa shape index (κ1) is 16.1. The van der Waals surface area contributed by atoms with Crippen molar-refractivity contribution in [1.29, 1.82) is 0 Å². The molecule has 0 saturated heterocycles. The van der Waals surface area contributed by atoms with Gasteiger partial charge in [0.1, 0.15) is 0 Å². The first-order chi connectivity index (χ1) is 11.3. The van der Waals surface area contributed by atoms with Crippen LogP contribution in [0, 0.1) is 0 Å². The number of para-hydroxylation sites is 1.